The van der Waals surface area contributed by atoms with Crippen molar-refractivity contribution in [3.05, 3.63) is 76.5 Å². The molecule has 0 N–H and O–H groups in total. The lowest BCUT2D eigenvalue weighted by molar-refractivity contribution is -0.117. The van der Waals surface area contributed by atoms with Crippen LogP contribution in [0.2, 0.25) is 0 Å². The van der Waals surface area contributed by atoms with Crippen LogP contribution in [0.1, 0.15) is 30.8 Å². The molecule has 1 aromatic heterocycles. The molecule has 152 valence electrons. The molecule has 0 bridgehead atoms. The number of nitrogens with zero attached hydrogens (tertiary/aromatic N) is 4. The topological polar surface area (TPSA) is 77.3 Å². The van der Waals surface area contributed by atoms with Crippen LogP contribution in [0, 0.1) is 0 Å². The van der Waals surface area contributed by atoms with Gasteiger partial charge in [0.05, 0.1) is 17.7 Å². The minimum Gasteiger partial charge on any atom is -0.497 e. The number of ketones is 1. The number of benzene rings is 2. The Hall–Kier alpha value is -3.39. The Labute approximate surface area is 178 Å². The number of Topliss-reactive ketones (excluding diaryl/α,β-unsaturated/α-hetero) is 1. The van der Waals surface area contributed by atoms with E-state index in [1.54, 1.807) is 11.8 Å². The third-order valence-corrected chi connectivity index (χ3v) is 5.81. The number of rotatable bonds is 5. The van der Waals surface area contributed by atoms with Gasteiger partial charge in [0.2, 0.25) is 11.1 Å². The van der Waals surface area contributed by atoms with E-state index in [9.17, 15) is 9.59 Å². The summed E-state index contributed by atoms with van der Waals surface area (Å²) in [6, 6.07) is 17.1. The van der Waals surface area contributed by atoms with Gasteiger partial charge in [-0.15, -0.1) is 10.2 Å². The third-order valence-electron chi connectivity index (χ3n) is 4.68. The van der Waals surface area contributed by atoms with E-state index in [0.29, 0.717) is 28.0 Å². The normalized spacial score (nSPS) is 13.2. The smallest absolute Gasteiger partial charge is 0.243 e. The van der Waals surface area contributed by atoms with Crippen molar-refractivity contribution in [2.75, 3.05) is 12.1 Å². The second kappa shape index (κ2) is 8.16. The number of fused-ring (bicyclic) bond motifs is 1. The summed E-state index contributed by atoms with van der Waals surface area (Å²) in [5.74, 6) is 1.01. The molecule has 0 radical (unpaired) electrons. The first kappa shape index (κ1) is 19.9. The lowest BCUT2D eigenvalue weighted by Gasteiger charge is -2.32. The second-order valence-electron chi connectivity index (χ2n) is 6.77. The lowest BCUT2D eigenvalue weighted by atomic mass is 10.1. The highest BCUT2D eigenvalue weighted by molar-refractivity contribution is 8.04. The van der Waals surface area contributed by atoms with Crippen LogP contribution in [0.4, 0.5) is 0 Å². The molecule has 2 aromatic carbocycles. The predicted octanol–water partition coefficient (Wildman–Crippen LogP) is 3.43. The van der Waals surface area contributed by atoms with Crippen molar-refractivity contribution in [1.29, 1.82) is 0 Å². The second-order valence-corrected chi connectivity index (χ2v) is 7.75. The van der Waals surface area contributed by atoms with Crippen molar-refractivity contribution in [2.24, 2.45) is 0 Å². The van der Waals surface area contributed by atoms with E-state index in [-0.39, 0.29) is 11.7 Å². The van der Waals surface area contributed by atoms with Gasteiger partial charge in [-0.1, -0.05) is 42.5 Å². The Kier molecular flexibility index (Phi) is 5.41. The van der Waals surface area contributed by atoms with Gasteiger partial charge in [0.1, 0.15) is 5.75 Å². The Morgan fingerprint density at radius 1 is 1.00 bits per heavy atom. The fourth-order valence-electron chi connectivity index (χ4n) is 3.32. The zero-order chi connectivity index (χ0) is 21.3. The van der Waals surface area contributed by atoms with Crippen molar-refractivity contribution in [3.8, 4) is 5.75 Å². The van der Waals surface area contributed by atoms with Crippen LogP contribution in [0.5, 0.6) is 5.75 Å². The molecular formula is C22H20N4O3S. The summed E-state index contributed by atoms with van der Waals surface area (Å²) in [5, 5.41) is 10.6. The molecule has 3 aromatic rings. The molecular weight excluding hydrogens is 400 g/mol. The summed E-state index contributed by atoms with van der Waals surface area (Å²) in [6.45, 7) is 2.96. The van der Waals surface area contributed by atoms with Crippen molar-refractivity contribution in [3.63, 3.8) is 0 Å². The molecule has 30 heavy (non-hydrogen) atoms. The average Bonchev–Trinajstić information content (AvgIpc) is 3.15. The third kappa shape index (κ3) is 3.61. The molecule has 0 spiro atoms. The predicted molar refractivity (Wildman–Crippen MR) is 115 cm³/mol. The average molecular weight is 420 g/mol. The molecule has 0 aliphatic carbocycles. The van der Waals surface area contributed by atoms with E-state index in [1.165, 1.54) is 30.6 Å². The molecule has 0 saturated carbocycles. The van der Waals surface area contributed by atoms with E-state index >= 15 is 0 Å². The Balaban J connectivity index is 1.82. The first-order chi connectivity index (χ1) is 14.5. The van der Waals surface area contributed by atoms with Crippen LogP contribution in [-0.2, 0) is 16.0 Å². The van der Waals surface area contributed by atoms with Gasteiger partial charge in [-0.3, -0.25) is 9.59 Å². The minimum atomic E-state index is -0.232. The number of carbonyl (C=O) groups is 2. The van der Waals surface area contributed by atoms with Gasteiger partial charge in [-0.25, -0.2) is 9.69 Å². The number of thioether (sulfide) groups is 1. The highest BCUT2D eigenvalue weighted by atomic mass is 32.2. The number of hydrogen-bond acceptors (Lipinski definition) is 6. The highest BCUT2D eigenvalue weighted by Gasteiger charge is 2.34. The van der Waals surface area contributed by atoms with E-state index in [4.69, 9.17) is 4.74 Å². The van der Waals surface area contributed by atoms with Gasteiger partial charge in [0, 0.05) is 18.9 Å². The molecule has 0 atom stereocenters. The molecule has 0 unspecified atom stereocenters. The number of ether oxygens (including phenoxy) is 1. The van der Waals surface area contributed by atoms with Crippen LogP contribution >= 0.6 is 11.8 Å². The van der Waals surface area contributed by atoms with Crippen LogP contribution < -0.4 is 9.75 Å². The number of allylic oxidation sites excluding steroid dienone is 1. The highest BCUT2D eigenvalue weighted by Crippen LogP contribution is 2.39. The van der Waals surface area contributed by atoms with Gasteiger partial charge in [-0.05, 0) is 36.4 Å². The summed E-state index contributed by atoms with van der Waals surface area (Å²) in [7, 11) is 1.62. The van der Waals surface area contributed by atoms with Crippen molar-refractivity contribution < 1.29 is 14.3 Å². The summed E-state index contributed by atoms with van der Waals surface area (Å²) >= 11 is 1.23. The number of aromatic nitrogens is 3. The van der Waals surface area contributed by atoms with Crippen LogP contribution in [-0.4, -0.2) is 33.7 Å². The summed E-state index contributed by atoms with van der Waals surface area (Å²) in [4.78, 5) is 25.7. The molecule has 1 aliphatic heterocycles. The molecule has 0 saturated heterocycles. The van der Waals surface area contributed by atoms with Gasteiger partial charge >= 0.3 is 0 Å². The standard InChI is InChI=1S/C22H20N4O3S/c1-14(27)21-20(17-7-5-4-6-8-17)25(15(2)28)26-19(23-24-22(26)30-21)13-16-9-11-18(29-3)12-10-16/h4-12H,13H2,1-3H3. The van der Waals surface area contributed by atoms with Gasteiger partial charge < -0.3 is 4.74 Å². The maximum atomic E-state index is 12.8. The van der Waals surface area contributed by atoms with Gasteiger partial charge in [-0.2, -0.15) is 0 Å². The largest absolute Gasteiger partial charge is 0.497 e. The quantitative estimate of drug-likeness (QED) is 0.629. The van der Waals surface area contributed by atoms with Crippen molar-refractivity contribution in [2.45, 2.75) is 25.4 Å². The van der Waals surface area contributed by atoms with Crippen LogP contribution in [0.15, 0.2) is 64.7 Å². The lowest BCUT2D eigenvalue weighted by Crippen LogP contribution is -2.41. The molecule has 0 fully saturated rings. The Morgan fingerprint density at radius 2 is 1.70 bits per heavy atom. The van der Waals surface area contributed by atoms with E-state index in [0.717, 1.165) is 16.9 Å². The first-order valence-electron chi connectivity index (χ1n) is 9.36. The fourth-order valence-corrected chi connectivity index (χ4v) is 4.30. The molecule has 1 amide bonds. The molecule has 7 nitrogen and oxygen atoms in total. The molecule has 8 heteroatoms. The first-order valence-corrected chi connectivity index (χ1v) is 10.2. The van der Waals surface area contributed by atoms with E-state index in [2.05, 4.69) is 10.2 Å². The van der Waals surface area contributed by atoms with E-state index in [1.807, 2.05) is 54.6 Å². The van der Waals surface area contributed by atoms with E-state index < -0.39 is 0 Å². The van der Waals surface area contributed by atoms with Crippen LogP contribution in [0.25, 0.3) is 5.70 Å². The molecule has 4 rings (SSSR count). The number of methoxy groups -OCH3 is 1. The minimum absolute atomic E-state index is 0.129. The Bertz CT molecular complexity index is 1140. The van der Waals surface area contributed by atoms with Crippen LogP contribution in [0.3, 0.4) is 0 Å². The molecule has 2 heterocycles. The zero-order valence-electron chi connectivity index (χ0n) is 16.8. The SMILES string of the molecule is COc1ccc(Cc2nnc3n2N(C(C)=O)C(c2ccccc2)=C(C(C)=O)S3)cc1. The molecule has 1 aliphatic rings. The number of carbonyl (C=O) groups excluding carboxylic acids is 2. The number of amides is 1. The van der Waals surface area contributed by atoms with Crippen molar-refractivity contribution in [1.82, 2.24) is 14.9 Å². The Morgan fingerprint density at radius 3 is 2.30 bits per heavy atom. The number of hydrogen-bond donors (Lipinski definition) is 0. The summed E-state index contributed by atoms with van der Waals surface area (Å²) < 4.78 is 6.91. The monoisotopic (exact) mass is 420 g/mol. The maximum Gasteiger partial charge on any atom is 0.243 e. The summed E-state index contributed by atoms with van der Waals surface area (Å²) in [6.07, 6.45) is 0.471. The van der Waals surface area contributed by atoms with Gasteiger partial charge in [0.25, 0.3) is 0 Å². The zero-order valence-corrected chi connectivity index (χ0v) is 17.6. The van der Waals surface area contributed by atoms with Crippen molar-refractivity contribution >= 4 is 29.1 Å². The fraction of sp³-hybridized carbons (Fsp3) is 0.182. The van der Waals surface area contributed by atoms with Gasteiger partial charge in [0.15, 0.2) is 11.6 Å². The summed E-state index contributed by atoms with van der Waals surface area (Å²) in [5.41, 5.74) is 2.33. The maximum absolute atomic E-state index is 12.8.